The molecule has 0 atom stereocenters. The predicted molar refractivity (Wildman–Crippen MR) is 79.4 cm³/mol. The minimum absolute atomic E-state index is 0.166. The molecule has 4 nitrogen and oxygen atoms in total. The van der Waals surface area contributed by atoms with Gasteiger partial charge in [-0.05, 0) is 36.4 Å². The van der Waals surface area contributed by atoms with Crippen LogP contribution in [0.25, 0.3) is 22.2 Å². The Labute approximate surface area is 120 Å². The number of nitrogens with zero attached hydrogens (tertiary/aromatic N) is 1. The zero-order valence-corrected chi connectivity index (χ0v) is 11.4. The van der Waals surface area contributed by atoms with Gasteiger partial charge < -0.3 is 9.72 Å². The van der Waals surface area contributed by atoms with Crippen LogP contribution in [0.4, 0.5) is 0 Å². The lowest BCUT2D eigenvalue weighted by Gasteiger charge is -2.06. The van der Waals surface area contributed by atoms with E-state index in [2.05, 4.69) is 9.97 Å². The van der Waals surface area contributed by atoms with Gasteiger partial charge in [0, 0.05) is 17.0 Å². The van der Waals surface area contributed by atoms with Crippen molar-refractivity contribution in [3.8, 4) is 17.0 Å². The maximum atomic E-state index is 11.4. The van der Waals surface area contributed by atoms with Crippen LogP contribution in [0.5, 0.6) is 5.75 Å². The Morgan fingerprint density at radius 3 is 2.60 bits per heavy atom. The zero-order chi connectivity index (χ0) is 14.1. The first-order valence-electron chi connectivity index (χ1n) is 6.01. The molecule has 100 valence electrons. The monoisotopic (exact) mass is 286 g/mol. The lowest BCUT2D eigenvalue weighted by Crippen LogP contribution is -2.03. The highest BCUT2D eigenvalue weighted by Crippen LogP contribution is 2.26. The largest absolute Gasteiger partial charge is 0.497 e. The van der Waals surface area contributed by atoms with E-state index in [9.17, 15) is 4.79 Å². The highest BCUT2D eigenvalue weighted by Gasteiger charge is 2.07. The second-order valence-electron chi connectivity index (χ2n) is 4.31. The van der Waals surface area contributed by atoms with E-state index in [1.807, 2.05) is 30.3 Å². The highest BCUT2D eigenvalue weighted by molar-refractivity contribution is 6.34. The molecule has 0 aliphatic carbocycles. The molecule has 20 heavy (non-hydrogen) atoms. The Balaban J connectivity index is 2.17. The van der Waals surface area contributed by atoms with Crippen LogP contribution < -0.4 is 10.3 Å². The number of ether oxygens (including phenoxy) is 1. The van der Waals surface area contributed by atoms with Crippen molar-refractivity contribution in [1.29, 1.82) is 0 Å². The summed E-state index contributed by atoms with van der Waals surface area (Å²) in [6.07, 6.45) is 0. The number of nitrogens with one attached hydrogen (secondary N) is 1. The first kappa shape index (κ1) is 12.7. The molecule has 0 unspecified atom stereocenters. The lowest BCUT2D eigenvalue weighted by atomic mass is 10.1. The van der Waals surface area contributed by atoms with Crippen molar-refractivity contribution >= 4 is 22.5 Å². The number of hydrogen-bond acceptors (Lipinski definition) is 3. The number of methoxy groups -OCH3 is 1. The Morgan fingerprint density at radius 1 is 1.15 bits per heavy atom. The molecular weight excluding hydrogens is 276 g/mol. The van der Waals surface area contributed by atoms with E-state index < -0.39 is 0 Å². The molecule has 3 rings (SSSR count). The fraction of sp³-hybridized carbons (Fsp3) is 0.0667. The second kappa shape index (κ2) is 4.98. The van der Waals surface area contributed by atoms with Gasteiger partial charge in [0.1, 0.15) is 10.9 Å². The Hall–Kier alpha value is -2.33. The van der Waals surface area contributed by atoms with Crippen molar-refractivity contribution in [3.63, 3.8) is 0 Å². The van der Waals surface area contributed by atoms with E-state index in [-0.39, 0.29) is 5.56 Å². The van der Waals surface area contributed by atoms with E-state index in [1.54, 1.807) is 13.2 Å². The number of aromatic amines is 1. The molecular formula is C15H11ClN2O2. The van der Waals surface area contributed by atoms with Crippen LogP contribution in [-0.2, 0) is 0 Å². The Morgan fingerprint density at radius 2 is 1.90 bits per heavy atom. The standard InChI is InChI=1S/C15H11ClN2O2/c1-20-10-4-2-9(3-5-10)12-8-13-11(15(16)18-12)6-7-14(19)17-13/h2-8H,1H3,(H,17,19). The van der Waals surface area contributed by atoms with Gasteiger partial charge in [0.15, 0.2) is 0 Å². The summed E-state index contributed by atoms with van der Waals surface area (Å²) in [5.41, 5.74) is 2.11. The molecule has 0 saturated heterocycles. The van der Waals surface area contributed by atoms with Crippen molar-refractivity contribution in [3.05, 3.63) is 58.0 Å². The normalized spacial score (nSPS) is 10.7. The van der Waals surface area contributed by atoms with E-state index in [0.29, 0.717) is 16.4 Å². The first-order valence-corrected chi connectivity index (χ1v) is 6.39. The molecule has 0 bridgehead atoms. The van der Waals surface area contributed by atoms with Gasteiger partial charge in [-0.3, -0.25) is 4.79 Å². The van der Waals surface area contributed by atoms with Crippen molar-refractivity contribution in [2.75, 3.05) is 7.11 Å². The average molecular weight is 287 g/mol. The summed E-state index contributed by atoms with van der Waals surface area (Å²) in [4.78, 5) is 18.5. The summed E-state index contributed by atoms with van der Waals surface area (Å²) in [5, 5.41) is 1.09. The number of rotatable bonds is 2. The quantitative estimate of drug-likeness (QED) is 0.736. The number of hydrogen-bond donors (Lipinski definition) is 1. The van der Waals surface area contributed by atoms with E-state index in [0.717, 1.165) is 16.7 Å². The van der Waals surface area contributed by atoms with Crippen LogP contribution in [0, 0.1) is 0 Å². The summed E-state index contributed by atoms with van der Waals surface area (Å²) in [6.45, 7) is 0. The van der Waals surface area contributed by atoms with Gasteiger partial charge in [0.05, 0.1) is 18.3 Å². The summed E-state index contributed by atoms with van der Waals surface area (Å²) in [6, 6.07) is 12.4. The summed E-state index contributed by atoms with van der Waals surface area (Å²) in [5.74, 6) is 0.772. The van der Waals surface area contributed by atoms with Gasteiger partial charge in [-0.1, -0.05) is 11.6 Å². The van der Waals surface area contributed by atoms with Crippen LogP contribution >= 0.6 is 11.6 Å². The molecule has 0 fully saturated rings. The van der Waals surface area contributed by atoms with E-state index in [1.165, 1.54) is 6.07 Å². The van der Waals surface area contributed by atoms with Gasteiger partial charge >= 0.3 is 0 Å². The highest BCUT2D eigenvalue weighted by atomic mass is 35.5. The molecule has 3 aromatic rings. The van der Waals surface area contributed by atoms with Crippen molar-refractivity contribution in [2.24, 2.45) is 0 Å². The molecule has 0 aliphatic rings. The third-order valence-electron chi connectivity index (χ3n) is 3.06. The zero-order valence-electron chi connectivity index (χ0n) is 10.7. The van der Waals surface area contributed by atoms with Crippen molar-refractivity contribution in [2.45, 2.75) is 0 Å². The number of pyridine rings is 2. The smallest absolute Gasteiger partial charge is 0.248 e. The van der Waals surface area contributed by atoms with Gasteiger partial charge in [0.2, 0.25) is 5.56 Å². The molecule has 2 heterocycles. The molecule has 0 aliphatic heterocycles. The number of benzene rings is 1. The van der Waals surface area contributed by atoms with Gasteiger partial charge in [-0.25, -0.2) is 4.98 Å². The van der Waals surface area contributed by atoms with Crippen molar-refractivity contribution < 1.29 is 4.74 Å². The topological polar surface area (TPSA) is 55.0 Å². The molecule has 2 aromatic heterocycles. The maximum Gasteiger partial charge on any atom is 0.248 e. The maximum absolute atomic E-state index is 11.4. The van der Waals surface area contributed by atoms with Crippen LogP contribution in [-0.4, -0.2) is 17.1 Å². The molecule has 1 aromatic carbocycles. The number of H-pyrrole nitrogens is 1. The molecule has 5 heteroatoms. The minimum atomic E-state index is -0.166. The Kier molecular flexibility index (Phi) is 3.16. The Bertz CT molecular complexity index is 825. The third kappa shape index (κ3) is 2.26. The SMILES string of the molecule is COc1ccc(-c2cc3[nH]c(=O)ccc3c(Cl)n2)cc1. The number of aromatic nitrogens is 2. The predicted octanol–water partition coefficient (Wildman–Crippen LogP) is 3.25. The number of fused-ring (bicyclic) bond motifs is 1. The fourth-order valence-electron chi connectivity index (χ4n) is 2.03. The van der Waals surface area contributed by atoms with Gasteiger partial charge in [-0.2, -0.15) is 0 Å². The second-order valence-corrected chi connectivity index (χ2v) is 4.67. The fourth-order valence-corrected chi connectivity index (χ4v) is 2.28. The minimum Gasteiger partial charge on any atom is -0.497 e. The summed E-state index contributed by atoms with van der Waals surface area (Å²) in [7, 11) is 1.62. The molecule has 0 spiro atoms. The van der Waals surface area contributed by atoms with Crippen LogP contribution in [0.15, 0.2) is 47.3 Å². The lowest BCUT2D eigenvalue weighted by molar-refractivity contribution is 0.415. The summed E-state index contributed by atoms with van der Waals surface area (Å²) >= 11 is 6.17. The molecule has 0 radical (unpaired) electrons. The average Bonchev–Trinajstić information content (AvgIpc) is 2.46. The van der Waals surface area contributed by atoms with Gasteiger partial charge in [-0.15, -0.1) is 0 Å². The van der Waals surface area contributed by atoms with E-state index >= 15 is 0 Å². The number of halogens is 1. The first-order chi connectivity index (χ1) is 9.67. The van der Waals surface area contributed by atoms with Crippen LogP contribution in [0.1, 0.15) is 0 Å². The van der Waals surface area contributed by atoms with Crippen LogP contribution in [0.3, 0.4) is 0 Å². The molecule has 0 saturated carbocycles. The van der Waals surface area contributed by atoms with Gasteiger partial charge in [0.25, 0.3) is 0 Å². The van der Waals surface area contributed by atoms with Crippen LogP contribution in [0.2, 0.25) is 5.15 Å². The molecule has 1 N–H and O–H groups in total. The van der Waals surface area contributed by atoms with E-state index in [4.69, 9.17) is 16.3 Å². The third-order valence-corrected chi connectivity index (χ3v) is 3.35. The van der Waals surface area contributed by atoms with Crippen molar-refractivity contribution in [1.82, 2.24) is 9.97 Å². The summed E-state index contributed by atoms with van der Waals surface area (Å²) < 4.78 is 5.12. The molecule has 0 amide bonds.